The summed E-state index contributed by atoms with van der Waals surface area (Å²) in [6.45, 7) is 4.24. The molecule has 1 heterocycles. The third-order valence-electron chi connectivity index (χ3n) is 3.54. The lowest BCUT2D eigenvalue weighted by Gasteiger charge is -2.24. The maximum absolute atomic E-state index is 11.9. The fourth-order valence-corrected chi connectivity index (χ4v) is 2.20. The third-order valence-corrected chi connectivity index (χ3v) is 3.54. The van der Waals surface area contributed by atoms with Gasteiger partial charge in [0.15, 0.2) is 0 Å². The number of carboxylic acids is 1. The molecule has 1 fully saturated rings. The molecule has 0 aromatic heterocycles. The van der Waals surface area contributed by atoms with E-state index in [-0.39, 0.29) is 5.91 Å². The zero-order valence-corrected chi connectivity index (χ0v) is 11.5. The van der Waals surface area contributed by atoms with Crippen LogP contribution >= 0.6 is 0 Å². The van der Waals surface area contributed by atoms with Gasteiger partial charge in [0.2, 0.25) is 5.91 Å². The zero-order valence-electron chi connectivity index (χ0n) is 11.5. The highest BCUT2D eigenvalue weighted by Crippen LogP contribution is 2.29. The van der Waals surface area contributed by atoms with Crippen LogP contribution in [0.25, 0.3) is 0 Å². The van der Waals surface area contributed by atoms with Gasteiger partial charge in [0.05, 0.1) is 5.41 Å². The summed E-state index contributed by atoms with van der Waals surface area (Å²) in [5.41, 5.74) is -0.600. The third kappa shape index (κ3) is 3.36. The summed E-state index contributed by atoms with van der Waals surface area (Å²) in [4.78, 5) is 36.0. The molecule has 1 saturated heterocycles. The number of hydrogen-bond acceptors (Lipinski definition) is 3. The molecular weight excluding hydrogens is 250 g/mol. The number of aliphatic carboxylic acids is 1. The Morgan fingerprint density at radius 1 is 1.42 bits per heavy atom. The lowest BCUT2D eigenvalue weighted by atomic mass is 9.89. The molecule has 7 heteroatoms. The average molecular weight is 271 g/mol. The van der Waals surface area contributed by atoms with Crippen LogP contribution in [0.15, 0.2) is 0 Å². The molecule has 0 aromatic rings. The SMILES string of the molecule is CCC(NC(=O)N1CCC(C)(C(=O)NC)C1)C(=O)O. The molecule has 0 saturated carbocycles. The number of rotatable bonds is 4. The number of amides is 3. The van der Waals surface area contributed by atoms with Crippen molar-refractivity contribution in [2.24, 2.45) is 5.41 Å². The van der Waals surface area contributed by atoms with Gasteiger partial charge in [0.1, 0.15) is 6.04 Å². The fraction of sp³-hybridized carbons (Fsp3) is 0.750. The number of carboxylic acid groups (broad SMARTS) is 1. The lowest BCUT2D eigenvalue weighted by molar-refractivity contribution is -0.139. The van der Waals surface area contributed by atoms with Crippen molar-refractivity contribution in [3.63, 3.8) is 0 Å². The smallest absolute Gasteiger partial charge is 0.326 e. The molecule has 19 heavy (non-hydrogen) atoms. The first kappa shape index (κ1) is 15.3. The van der Waals surface area contributed by atoms with E-state index in [0.717, 1.165) is 0 Å². The summed E-state index contributed by atoms with van der Waals surface area (Å²) < 4.78 is 0. The van der Waals surface area contributed by atoms with Crippen LogP contribution in [0, 0.1) is 5.41 Å². The van der Waals surface area contributed by atoms with Gasteiger partial charge in [-0.15, -0.1) is 0 Å². The maximum atomic E-state index is 11.9. The number of nitrogens with zero attached hydrogens (tertiary/aromatic N) is 1. The van der Waals surface area contributed by atoms with Crippen molar-refractivity contribution in [1.82, 2.24) is 15.5 Å². The van der Waals surface area contributed by atoms with Gasteiger partial charge in [-0.1, -0.05) is 6.92 Å². The molecule has 0 spiro atoms. The fourth-order valence-electron chi connectivity index (χ4n) is 2.20. The second kappa shape index (κ2) is 5.90. The Morgan fingerprint density at radius 2 is 2.05 bits per heavy atom. The molecule has 0 aliphatic carbocycles. The summed E-state index contributed by atoms with van der Waals surface area (Å²) in [5.74, 6) is -1.16. The molecule has 1 aliphatic rings. The summed E-state index contributed by atoms with van der Waals surface area (Å²) in [6.07, 6.45) is 0.894. The molecule has 2 atom stereocenters. The van der Waals surface area contributed by atoms with Crippen molar-refractivity contribution in [1.29, 1.82) is 0 Å². The van der Waals surface area contributed by atoms with Crippen molar-refractivity contribution >= 4 is 17.9 Å². The first-order valence-electron chi connectivity index (χ1n) is 6.34. The lowest BCUT2D eigenvalue weighted by Crippen LogP contribution is -2.48. The Balaban J connectivity index is 2.62. The summed E-state index contributed by atoms with van der Waals surface area (Å²) >= 11 is 0. The summed E-state index contributed by atoms with van der Waals surface area (Å²) in [5, 5.41) is 13.9. The maximum Gasteiger partial charge on any atom is 0.326 e. The molecule has 2 unspecified atom stereocenters. The second-order valence-electron chi connectivity index (χ2n) is 5.06. The van der Waals surface area contributed by atoms with E-state index >= 15 is 0 Å². The number of carbonyl (C=O) groups is 3. The van der Waals surface area contributed by atoms with E-state index in [1.165, 1.54) is 4.90 Å². The average Bonchev–Trinajstić information content (AvgIpc) is 2.78. The van der Waals surface area contributed by atoms with Crippen LogP contribution < -0.4 is 10.6 Å². The number of carbonyl (C=O) groups excluding carboxylic acids is 2. The van der Waals surface area contributed by atoms with Crippen LogP contribution in [0.4, 0.5) is 4.79 Å². The summed E-state index contributed by atoms with van der Waals surface area (Å²) in [7, 11) is 1.56. The van der Waals surface area contributed by atoms with Crippen molar-refractivity contribution < 1.29 is 19.5 Å². The zero-order chi connectivity index (χ0) is 14.6. The molecule has 1 rings (SSSR count). The van der Waals surface area contributed by atoms with Crippen LogP contribution in [0.2, 0.25) is 0 Å². The van der Waals surface area contributed by atoms with Crippen LogP contribution in [-0.4, -0.2) is 54.1 Å². The predicted molar refractivity (Wildman–Crippen MR) is 68.6 cm³/mol. The first-order chi connectivity index (χ1) is 8.84. The van der Waals surface area contributed by atoms with Crippen molar-refractivity contribution in [2.45, 2.75) is 32.7 Å². The van der Waals surface area contributed by atoms with Crippen molar-refractivity contribution in [3.8, 4) is 0 Å². The van der Waals surface area contributed by atoms with Gasteiger partial charge in [0, 0.05) is 20.1 Å². The van der Waals surface area contributed by atoms with Gasteiger partial charge in [-0.05, 0) is 19.8 Å². The van der Waals surface area contributed by atoms with E-state index in [0.29, 0.717) is 25.9 Å². The predicted octanol–water partition coefficient (Wildman–Crippen LogP) is 0.0172. The Kier molecular flexibility index (Phi) is 4.74. The van der Waals surface area contributed by atoms with Crippen LogP contribution in [0.5, 0.6) is 0 Å². The number of urea groups is 1. The molecular formula is C12H21N3O4. The number of likely N-dealkylation sites (tertiary alicyclic amines) is 1. The molecule has 1 aliphatic heterocycles. The van der Waals surface area contributed by atoms with Gasteiger partial charge in [-0.25, -0.2) is 9.59 Å². The van der Waals surface area contributed by atoms with Gasteiger partial charge < -0.3 is 20.6 Å². The van der Waals surface area contributed by atoms with Gasteiger partial charge >= 0.3 is 12.0 Å². The van der Waals surface area contributed by atoms with E-state index in [1.54, 1.807) is 20.9 Å². The van der Waals surface area contributed by atoms with E-state index in [9.17, 15) is 14.4 Å². The first-order valence-corrected chi connectivity index (χ1v) is 6.34. The quantitative estimate of drug-likeness (QED) is 0.671. The van der Waals surface area contributed by atoms with Crippen molar-refractivity contribution in [3.05, 3.63) is 0 Å². The highest BCUT2D eigenvalue weighted by atomic mass is 16.4. The molecule has 3 N–H and O–H groups in total. The topological polar surface area (TPSA) is 98.7 Å². The Bertz CT molecular complexity index is 385. The highest BCUT2D eigenvalue weighted by Gasteiger charge is 2.41. The van der Waals surface area contributed by atoms with E-state index in [2.05, 4.69) is 10.6 Å². The monoisotopic (exact) mass is 271 g/mol. The highest BCUT2D eigenvalue weighted by molar-refractivity contribution is 5.86. The Morgan fingerprint density at radius 3 is 2.53 bits per heavy atom. The van der Waals surface area contributed by atoms with Crippen LogP contribution in [-0.2, 0) is 9.59 Å². The van der Waals surface area contributed by atoms with Gasteiger partial charge in [0.25, 0.3) is 0 Å². The standard InChI is InChI=1S/C12H21N3O4/c1-4-8(9(16)17)14-11(19)15-6-5-12(2,7-15)10(18)13-3/h8H,4-7H2,1-3H3,(H,13,18)(H,14,19)(H,16,17). The minimum absolute atomic E-state index is 0.104. The van der Waals surface area contributed by atoms with Crippen LogP contribution in [0.1, 0.15) is 26.7 Å². The van der Waals surface area contributed by atoms with Crippen molar-refractivity contribution in [2.75, 3.05) is 20.1 Å². The molecule has 108 valence electrons. The van der Waals surface area contributed by atoms with Gasteiger partial charge in [-0.2, -0.15) is 0 Å². The molecule has 0 bridgehead atoms. The van der Waals surface area contributed by atoms with E-state index < -0.39 is 23.5 Å². The Labute approximate surface area is 112 Å². The largest absolute Gasteiger partial charge is 0.480 e. The minimum Gasteiger partial charge on any atom is -0.480 e. The Hall–Kier alpha value is -1.79. The number of nitrogens with one attached hydrogen (secondary N) is 2. The second-order valence-corrected chi connectivity index (χ2v) is 5.06. The minimum atomic E-state index is -1.05. The normalized spacial score (nSPS) is 23.8. The molecule has 7 nitrogen and oxygen atoms in total. The van der Waals surface area contributed by atoms with Gasteiger partial charge in [-0.3, -0.25) is 4.79 Å². The molecule has 0 aromatic carbocycles. The summed E-state index contributed by atoms with van der Waals surface area (Å²) in [6, 6.07) is -1.32. The van der Waals surface area contributed by atoms with E-state index in [1.807, 2.05) is 0 Å². The molecule has 0 radical (unpaired) electrons. The van der Waals surface area contributed by atoms with E-state index in [4.69, 9.17) is 5.11 Å². The molecule has 3 amide bonds. The van der Waals surface area contributed by atoms with Crippen LogP contribution in [0.3, 0.4) is 0 Å². The number of hydrogen-bond donors (Lipinski definition) is 3.